The van der Waals surface area contributed by atoms with E-state index in [0.29, 0.717) is 0 Å². The number of nitrogens with zero attached hydrogens (tertiary/aromatic N) is 3. The van der Waals surface area contributed by atoms with Crippen LogP contribution in [0.3, 0.4) is 0 Å². The first kappa shape index (κ1) is 15.0. The zero-order chi connectivity index (χ0) is 15.0. The highest BCUT2D eigenvalue weighted by Crippen LogP contribution is 2.32. The molecule has 0 aliphatic heterocycles. The Labute approximate surface area is 122 Å². The molecule has 0 fully saturated rings. The Morgan fingerprint density at radius 3 is 2.50 bits per heavy atom. The fraction of sp³-hybridized carbons (Fsp3) is 0.364. The third kappa shape index (κ3) is 3.37. The number of anilines is 1. The molecular weight excluding hydrogens is 313 g/mol. The number of thiazole rings is 1. The SMILES string of the molecule is CC(C)(Nc1cc(C(F)(F)F)nc(Cl)n1)c1nccs1. The van der Waals surface area contributed by atoms with E-state index in [-0.39, 0.29) is 5.82 Å². The van der Waals surface area contributed by atoms with Crippen LogP contribution in [0.2, 0.25) is 5.28 Å². The molecule has 0 saturated heterocycles. The van der Waals surface area contributed by atoms with Crippen LogP contribution in [0.25, 0.3) is 0 Å². The Balaban J connectivity index is 2.32. The van der Waals surface area contributed by atoms with Crippen LogP contribution in [-0.2, 0) is 11.7 Å². The second-order valence-electron chi connectivity index (χ2n) is 4.49. The summed E-state index contributed by atoms with van der Waals surface area (Å²) >= 11 is 6.93. The second kappa shape index (κ2) is 5.17. The number of rotatable bonds is 3. The summed E-state index contributed by atoms with van der Waals surface area (Å²) in [5, 5.41) is 4.93. The number of nitrogens with one attached hydrogen (secondary N) is 1. The van der Waals surface area contributed by atoms with E-state index in [0.717, 1.165) is 11.1 Å². The molecule has 0 saturated carbocycles. The molecule has 0 radical (unpaired) electrons. The molecule has 0 aliphatic rings. The molecule has 2 aromatic rings. The summed E-state index contributed by atoms with van der Waals surface area (Å²) < 4.78 is 38.0. The first-order chi connectivity index (χ1) is 9.18. The van der Waals surface area contributed by atoms with E-state index in [1.165, 1.54) is 11.3 Å². The van der Waals surface area contributed by atoms with Crippen molar-refractivity contribution in [2.24, 2.45) is 0 Å². The quantitative estimate of drug-likeness (QED) is 0.869. The highest BCUT2D eigenvalue weighted by atomic mass is 35.5. The Kier molecular flexibility index (Phi) is 3.88. The van der Waals surface area contributed by atoms with Gasteiger partial charge < -0.3 is 5.32 Å². The van der Waals surface area contributed by atoms with Crippen molar-refractivity contribution < 1.29 is 13.2 Å². The van der Waals surface area contributed by atoms with E-state index >= 15 is 0 Å². The lowest BCUT2D eigenvalue weighted by Crippen LogP contribution is -2.28. The molecule has 4 nitrogen and oxygen atoms in total. The average molecular weight is 323 g/mol. The van der Waals surface area contributed by atoms with E-state index in [1.807, 2.05) is 0 Å². The summed E-state index contributed by atoms with van der Waals surface area (Å²) in [5.74, 6) is -0.00229. The molecule has 0 amide bonds. The summed E-state index contributed by atoms with van der Waals surface area (Å²) in [6.45, 7) is 3.57. The van der Waals surface area contributed by atoms with Crippen LogP contribution < -0.4 is 5.32 Å². The minimum Gasteiger partial charge on any atom is -0.359 e. The van der Waals surface area contributed by atoms with Gasteiger partial charge in [-0.1, -0.05) is 0 Å². The third-order valence-corrected chi connectivity index (χ3v) is 3.66. The van der Waals surface area contributed by atoms with Gasteiger partial charge in [0.25, 0.3) is 0 Å². The van der Waals surface area contributed by atoms with Crippen molar-refractivity contribution in [3.63, 3.8) is 0 Å². The van der Waals surface area contributed by atoms with E-state index in [1.54, 1.807) is 25.4 Å². The van der Waals surface area contributed by atoms with E-state index in [4.69, 9.17) is 11.6 Å². The van der Waals surface area contributed by atoms with Gasteiger partial charge in [-0.05, 0) is 25.4 Å². The van der Waals surface area contributed by atoms with Crippen molar-refractivity contribution in [2.45, 2.75) is 25.6 Å². The Morgan fingerprint density at radius 2 is 1.95 bits per heavy atom. The van der Waals surface area contributed by atoms with Crippen LogP contribution in [0.4, 0.5) is 19.0 Å². The number of aromatic nitrogens is 3. The van der Waals surface area contributed by atoms with Gasteiger partial charge >= 0.3 is 6.18 Å². The van der Waals surface area contributed by atoms with Gasteiger partial charge in [0.1, 0.15) is 10.8 Å². The summed E-state index contributed by atoms with van der Waals surface area (Å²) in [5.41, 5.74) is -1.76. The van der Waals surface area contributed by atoms with Gasteiger partial charge in [0, 0.05) is 17.6 Å². The van der Waals surface area contributed by atoms with Crippen LogP contribution in [-0.4, -0.2) is 15.0 Å². The maximum Gasteiger partial charge on any atom is 0.433 e. The number of hydrogen-bond donors (Lipinski definition) is 1. The second-order valence-corrected chi connectivity index (χ2v) is 5.73. The van der Waals surface area contributed by atoms with E-state index in [9.17, 15) is 13.2 Å². The zero-order valence-electron chi connectivity index (χ0n) is 10.5. The van der Waals surface area contributed by atoms with Gasteiger partial charge in [-0.2, -0.15) is 13.2 Å². The summed E-state index contributed by atoms with van der Waals surface area (Å²) in [6.07, 6.45) is -2.95. The molecule has 2 aromatic heterocycles. The van der Waals surface area contributed by atoms with Gasteiger partial charge in [-0.15, -0.1) is 11.3 Å². The van der Waals surface area contributed by atoms with Crippen LogP contribution in [0.1, 0.15) is 24.5 Å². The first-order valence-corrected chi connectivity index (χ1v) is 6.74. The van der Waals surface area contributed by atoms with Crippen molar-refractivity contribution in [2.75, 3.05) is 5.32 Å². The lowest BCUT2D eigenvalue weighted by atomic mass is 10.1. The molecule has 0 bridgehead atoms. The molecule has 108 valence electrons. The molecule has 1 N–H and O–H groups in total. The fourth-order valence-electron chi connectivity index (χ4n) is 1.53. The smallest absolute Gasteiger partial charge is 0.359 e. The normalized spacial score (nSPS) is 12.5. The van der Waals surface area contributed by atoms with E-state index in [2.05, 4.69) is 20.3 Å². The van der Waals surface area contributed by atoms with Gasteiger partial charge in [0.2, 0.25) is 5.28 Å². The summed E-state index contributed by atoms with van der Waals surface area (Å²) in [7, 11) is 0. The zero-order valence-corrected chi connectivity index (χ0v) is 12.1. The Morgan fingerprint density at radius 1 is 1.25 bits per heavy atom. The van der Waals surface area contributed by atoms with Crippen molar-refractivity contribution in [3.8, 4) is 0 Å². The van der Waals surface area contributed by atoms with Gasteiger partial charge in [0.05, 0.1) is 5.54 Å². The lowest BCUT2D eigenvalue weighted by molar-refractivity contribution is -0.141. The van der Waals surface area contributed by atoms with Crippen LogP contribution in [0, 0.1) is 0 Å². The molecule has 0 aromatic carbocycles. The van der Waals surface area contributed by atoms with Crippen LogP contribution in [0.5, 0.6) is 0 Å². The van der Waals surface area contributed by atoms with Crippen molar-refractivity contribution in [1.82, 2.24) is 15.0 Å². The van der Waals surface area contributed by atoms with E-state index < -0.39 is 22.7 Å². The van der Waals surface area contributed by atoms with Crippen molar-refractivity contribution in [3.05, 3.63) is 33.6 Å². The predicted molar refractivity (Wildman–Crippen MR) is 70.8 cm³/mol. The molecule has 0 spiro atoms. The maximum absolute atomic E-state index is 12.7. The molecule has 0 unspecified atom stereocenters. The Hall–Kier alpha value is -1.41. The topological polar surface area (TPSA) is 50.7 Å². The highest BCUT2D eigenvalue weighted by Gasteiger charge is 2.34. The number of halogens is 4. The first-order valence-electron chi connectivity index (χ1n) is 5.48. The maximum atomic E-state index is 12.7. The monoisotopic (exact) mass is 322 g/mol. The van der Waals surface area contributed by atoms with Gasteiger partial charge in [-0.25, -0.2) is 15.0 Å². The van der Waals surface area contributed by atoms with Crippen LogP contribution >= 0.6 is 22.9 Å². The van der Waals surface area contributed by atoms with Gasteiger partial charge in [-0.3, -0.25) is 0 Å². The van der Waals surface area contributed by atoms with Gasteiger partial charge in [0.15, 0.2) is 5.69 Å². The summed E-state index contributed by atoms with van der Waals surface area (Å²) in [6, 6.07) is 0.821. The van der Waals surface area contributed by atoms with Crippen molar-refractivity contribution >= 4 is 28.8 Å². The largest absolute Gasteiger partial charge is 0.433 e. The van der Waals surface area contributed by atoms with Crippen LogP contribution in [0.15, 0.2) is 17.6 Å². The molecule has 9 heteroatoms. The molecule has 20 heavy (non-hydrogen) atoms. The fourth-order valence-corrected chi connectivity index (χ4v) is 2.43. The standard InChI is InChI=1S/C11H10ClF3N4S/c1-10(2,8-16-3-4-20-8)19-7-5-6(11(13,14)15)17-9(12)18-7/h3-5H,1-2H3,(H,17,18,19). The molecule has 2 heterocycles. The molecule has 0 aliphatic carbocycles. The number of alkyl halides is 3. The Bertz CT molecular complexity index is 598. The molecule has 0 atom stereocenters. The lowest BCUT2D eigenvalue weighted by Gasteiger charge is -2.24. The van der Waals surface area contributed by atoms with Crippen molar-refractivity contribution in [1.29, 1.82) is 0 Å². The third-order valence-electron chi connectivity index (χ3n) is 2.40. The number of hydrogen-bond acceptors (Lipinski definition) is 5. The predicted octanol–water partition coefficient (Wildman–Crippen LogP) is 3.95. The molecule has 2 rings (SSSR count). The minimum absolute atomic E-state index is 0.00229. The highest BCUT2D eigenvalue weighted by molar-refractivity contribution is 7.09. The molecular formula is C11H10ClF3N4S. The summed E-state index contributed by atoms with van der Waals surface area (Å²) in [4.78, 5) is 11.1. The minimum atomic E-state index is -4.58. The average Bonchev–Trinajstić information content (AvgIpc) is 2.79.